The Morgan fingerprint density at radius 3 is 2.67 bits per heavy atom. The molecule has 0 N–H and O–H groups in total. The minimum Gasteiger partial charge on any atom is -0.462 e. The van der Waals surface area contributed by atoms with Crippen LogP contribution in [0.1, 0.15) is 37.0 Å². The Bertz CT molecular complexity index is 1000. The zero-order chi connectivity index (χ0) is 21.7. The van der Waals surface area contributed by atoms with Crippen LogP contribution in [-0.4, -0.2) is 58.5 Å². The summed E-state index contributed by atoms with van der Waals surface area (Å²) in [6.45, 7) is 5.92. The number of esters is 1. The van der Waals surface area contributed by atoms with Crippen LogP contribution in [0, 0.1) is 5.92 Å². The van der Waals surface area contributed by atoms with Crippen molar-refractivity contribution in [2.45, 2.75) is 26.7 Å². The van der Waals surface area contributed by atoms with E-state index in [4.69, 9.17) is 4.74 Å². The standard InChI is InChI=1S/C21H27N3O4S2/c1-4-28-20(27)15-5-6-16-17(11-15)30-21(23(16)3)22-18(25)12-29-13-19(26)24-9-7-14(2)8-10-24/h5-6,11,14H,4,7-10,12-13H2,1-3H3. The molecule has 1 aliphatic heterocycles. The topological polar surface area (TPSA) is 81.0 Å². The molecule has 0 aliphatic carbocycles. The lowest BCUT2D eigenvalue weighted by atomic mass is 9.99. The number of carbonyl (C=O) groups excluding carboxylic acids is 3. The summed E-state index contributed by atoms with van der Waals surface area (Å²) in [5.74, 6) is 0.605. The molecule has 1 aromatic heterocycles. The van der Waals surface area contributed by atoms with Crippen molar-refractivity contribution in [3.63, 3.8) is 0 Å². The number of thioether (sulfide) groups is 1. The molecule has 0 unspecified atom stereocenters. The van der Waals surface area contributed by atoms with E-state index >= 15 is 0 Å². The quantitative estimate of drug-likeness (QED) is 0.634. The molecule has 2 heterocycles. The van der Waals surface area contributed by atoms with Gasteiger partial charge in [-0.2, -0.15) is 4.99 Å². The summed E-state index contributed by atoms with van der Waals surface area (Å²) in [7, 11) is 1.84. The van der Waals surface area contributed by atoms with Gasteiger partial charge in [0.2, 0.25) is 5.91 Å². The first-order valence-corrected chi connectivity index (χ1v) is 12.1. The molecule has 2 amide bonds. The van der Waals surface area contributed by atoms with Crippen molar-refractivity contribution in [3.05, 3.63) is 28.6 Å². The van der Waals surface area contributed by atoms with Crippen LogP contribution in [0.15, 0.2) is 23.2 Å². The summed E-state index contributed by atoms with van der Waals surface area (Å²) < 4.78 is 7.73. The fraction of sp³-hybridized carbons (Fsp3) is 0.524. The number of hydrogen-bond acceptors (Lipinski definition) is 6. The van der Waals surface area contributed by atoms with Crippen molar-refractivity contribution >= 4 is 51.1 Å². The van der Waals surface area contributed by atoms with E-state index in [1.165, 1.54) is 23.1 Å². The molecule has 0 atom stereocenters. The molecule has 0 bridgehead atoms. The normalized spacial score (nSPS) is 15.6. The number of amides is 2. The smallest absolute Gasteiger partial charge is 0.338 e. The third-order valence-corrected chi connectivity index (χ3v) is 7.13. The Morgan fingerprint density at radius 1 is 1.23 bits per heavy atom. The molecule has 30 heavy (non-hydrogen) atoms. The second-order valence-corrected chi connectivity index (χ2v) is 9.40. The molecule has 2 aromatic rings. The molecular formula is C21H27N3O4S2. The van der Waals surface area contributed by atoms with Gasteiger partial charge in [-0.1, -0.05) is 18.3 Å². The third kappa shape index (κ3) is 5.51. The Labute approximate surface area is 184 Å². The van der Waals surface area contributed by atoms with Crippen molar-refractivity contribution in [2.24, 2.45) is 18.0 Å². The molecule has 7 nitrogen and oxygen atoms in total. The van der Waals surface area contributed by atoms with Crippen LogP contribution in [0.5, 0.6) is 0 Å². The van der Waals surface area contributed by atoms with Gasteiger partial charge in [0.05, 0.1) is 33.9 Å². The maximum absolute atomic E-state index is 12.3. The molecule has 1 aromatic carbocycles. The van der Waals surface area contributed by atoms with E-state index in [1.54, 1.807) is 19.1 Å². The summed E-state index contributed by atoms with van der Waals surface area (Å²) in [6, 6.07) is 5.30. The van der Waals surface area contributed by atoms with Crippen LogP contribution in [0.3, 0.4) is 0 Å². The van der Waals surface area contributed by atoms with E-state index in [0.29, 0.717) is 28.6 Å². The summed E-state index contributed by atoms with van der Waals surface area (Å²) >= 11 is 2.66. The van der Waals surface area contributed by atoms with Crippen LogP contribution in [-0.2, 0) is 21.4 Å². The minimum absolute atomic E-state index is 0.0959. The lowest BCUT2D eigenvalue weighted by molar-refractivity contribution is -0.129. The summed E-state index contributed by atoms with van der Waals surface area (Å²) in [5.41, 5.74) is 1.37. The van der Waals surface area contributed by atoms with Gasteiger partial charge in [0.15, 0.2) is 4.80 Å². The number of hydrogen-bond donors (Lipinski definition) is 0. The number of carbonyl (C=O) groups is 3. The van der Waals surface area contributed by atoms with Crippen molar-refractivity contribution < 1.29 is 19.1 Å². The van der Waals surface area contributed by atoms with E-state index < -0.39 is 0 Å². The molecule has 0 radical (unpaired) electrons. The predicted octanol–water partition coefficient (Wildman–Crippen LogP) is 2.84. The largest absolute Gasteiger partial charge is 0.462 e. The van der Waals surface area contributed by atoms with E-state index in [2.05, 4.69) is 11.9 Å². The van der Waals surface area contributed by atoms with Gasteiger partial charge in [0.1, 0.15) is 0 Å². The second kappa shape index (κ2) is 10.3. The lowest BCUT2D eigenvalue weighted by Crippen LogP contribution is -2.39. The Kier molecular flexibility index (Phi) is 7.71. The highest BCUT2D eigenvalue weighted by Crippen LogP contribution is 2.19. The first-order chi connectivity index (χ1) is 14.4. The fourth-order valence-electron chi connectivity index (χ4n) is 3.30. The number of fused-ring (bicyclic) bond motifs is 1. The monoisotopic (exact) mass is 449 g/mol. The van der Waals surface area contributed by atoms with Gasteiger partial charge >= 0.3 is 5.97 Å². The number of nitrogens with zero attached hydrogens (tertiary/aromatic N) is 3. The van der Waals surface area contributed by atoms with Crippen molar-refractivity contribution in [3.8, 4) is 0 Å². The number of ether oxygens (including phenoxy) is 1. The van der Waals surface area contributed by atoms with Gasteiger partial charge in [0, 0.05) is 20.1 Å². The van der Waals surface area contributed by atoms with E-state index in [9.17, 15) is 14.4 Å². The van der Waals surface area contributed by atoms with Crippen LogP contribution in [0.4, 0.5) is 0 Å². The maximum atomic E-state index is 12.3. The van der Waals surface area contributed by atoms with Crippen LogP contribution in [0.25, 0.3) is 10.2 Å². The van der Waals surface area contributed by atoms with Gasteiger partial charge < -0.3 is 14.2 Å². The summed E-state index contributed by atoms with van der Waals surface area (Å²) in [6.07, 6.45) is 2.09. The van der Waals surface area contributed by atoms with E-state index in [-0.39, 0.29) is 23.5 Å². The molecule has 3 rings (SSSR count). The molecular weight excluding hydrogens is 422 g/mol. The maximum Gasteiger partial charge on any atom is 0.338 e. The second-order valence-electron chi connectivity index (χ2n) is 7.41. The van der Waals surface area contributed by atoms with Crippen molar-refractivity contribution in [1.82, 2.24) is 9.47 Å². The number of thiazole rings is 1. The third-order valence-electron chi connectivity index (χ3n) is 5.13. The van der Waals surface area contributed by atoms with E-state index in [1.807, 2.05) is 22.6 Å². The Balaban J connectivity index is 1.61. The molecule has 0 saturated carbocycles. The first-order valence-electron chi connectivity index (χ1n) is 10.1. The first kappa shape index (κ1) is 22.6. The predicted molar refractivity (Wildman–Crippen MR) is 120 cm³/mol. The molecule has 0 spiro atoms. The average molecular weight is 450 g/mol. The van der Waals surface area contributed by atoms with Crippen molar-refractivity contribution in [1.29, 1.82) is 0 Å². The number of piperidine rings is 1. The fourth-order valence-corrected chi connectivity index (χ4v) is 5.07. The number of rotatable bonds is 6. The van der Waals surface area contributed by atoms with Gasteiger partial charge in [-0.3, -0.25) is 9.59 Å². The zero-order valence-corrected chi connectivity index (χ0v) is 19.2. The average Bonchev–Trinajstić information content (AvgIpc) is 3.03. The summed E-state index contributed by atoms with van der Waals surface area (Å²) in [4.78, 5) is 43.2. The van der Waals surface area contributed by atoms with Gasteiger partial charge in [-0.25, -0.2) is 4.79 Å². The number of likely N-dealkylation sites (tertiary alicyclic amines) is 1. The Morgan fingerprint density at radius 2 is 1.97 bits per heavy atom. The van der Waals surface area contributed by atoms with Crippen LogP contribution >= 0.6 is 23.1 Å². The van der Waals surface area contributed by atoms with Gasteiger partial charge in [0.25, 0.3) is 5.91 Å². The van der Waals surface area contributed by atoms with Gasteiger partial charge in [-0.05, 0) is 43.9 Å². The number of aryl methyl sites for hydroxylation is 1. The zero-order valence-electron chi connectivity index (χ0n) is 17.6. The molecule has 1 aliphatic rings. The SMILES string of the molecule is CCOC(=O)c1ccc2c(c1)sc(=NC(=O)CSCC(=O)N1CCC(C)CC1)n2C. The molecule has 9 heteroatoms. The number of benzene rings is 1. The molecule has 1 saturated heterocycles. The minimum atomic E-state index is -0.366. The summed E-state index contributed by atoms with van der Waals surface area (Å²) in [5, 5.41) is 0. The Hall–Kier alpha value is -2.13. The van der Waals surface area contributed by atoms with E-state index in [0.717, 1.165) is 36.1 Å². The molecule has 162 valence electrons. The highest BCUT2D eigenvalue weighted by molar-refractivity contribution is 8.00. The van der Waals surface area contributed by atoms with Crippen LogP contribution < -0.4 is 4.80 Å². The van der Waals surface area contributed by atoms with Crippen molar-refractivity contribution in [2.75, 3.05) is 31.2 Å². The van der Waals surface area contributed by atoms with Gasteiger partial charge in [-0.15, -0.1) is 11.8 Å². The van der Waals surface area contributed by atoms with Crippen LogP contribution in [0.2, 0.25) is 0 Å². The highest BCUT2D eigenvalue weighted by atomic mass is 32.2. The number of aromatic nitrogens is 1. The lowest BCUT2D eigenvalue weighted by Gasteiger charge is -2.30. The highest BCUT2D eigenvalue weighted by Gasteiger charge is 2.20. The molecule has 1 fully saturated rings.